The monoisotopic (exact) mass is 223 g/mol. The van der Waals surface area contributed by atoms with E-state index in [1.165, 1.54) is 38.5 Å². The van der Waals surface area contributed by atoms with Gasteiger partial charge in [0.05, 0.1) is 6.10 Å². The van der Waals surface area contributed by atoms with Gasteiger partial charge in [-0.2, -0.15) is 0 Å². The Morgan fingerprint density at radius 1 is 1.38 bits per heavy atom. The normalized spacial score (nSPS) is 37.1. The molecule has 1 aliphatic heterocycles. The van der Waals surface area contributed by atoms with Crippen molar-refractivity contribution in [2.75, 3.05) is 13.2 Å². The van der Waals surface area contributed by atoms with Crippen LogP contribution >= 0.6 is 0 Å². The molecule has 0 aromatic rings. The highest BCUT2D eigenvalue weighted by Gasteiger charge is 2.50. The number of hydrogen-bond donors (Lipinski definition) is 0. The van der Waals surface area contributed by atoms with Crippen molar-refractivity contribution >= 4 is 7.85 Å². The van der Waals surface area contributed by atoms with Gasteiger partial charge in [-0.25, -0.2) is 0 Å². The van der Waals surface area contributed by atoms with E-state index in [-0.39, 0.29) is 5.54 Å². The van der Waals surface area contributed by atoms with Gasteiger partial charge >= 0.3 is 0 Å². The zero-order valence-corrected chi connectivity index (χ0v) is 11.4. The van der Waals surface area contributed by atoms with E-state index in [0.717, 1.165) is 6.61 Å². The Labute approximate surface area is 101 Å². The highest BCUT2D eigenvalue weighted by atomic mass is 16.5. The van der Waals surface area contributed by atoms with Crippen LogP contribution in [0.4, 0.5) is 0 Å². The maximum absolute atomic E-state index is 6.10. The van der Waals surface area contributed by atoms with Gasteiger partial charge in [-0.05, 0) is 46.5 Å². The average molecular weight is 223 g/mol. The highest BCUT2D eigenvalue weighted by molar-refractivity contribution is 6.09. The number of fused-ring (bicyclic) bond motifs is 1. The van der Waals surface area contributed by atoms with E-state index in [2.05, 4.69) is 33.5 Å². The first kappa shape index (κ1) is 12.4. The summed E-state index contributed by atoms with van der Waals surface area (Å²) < 4.78 is 6.10. The lowest BCUT2D eigenvalue weighted by molar-refractivity contribution is -0.0498. The molecule has 2 nitrogen and oxygen atoms in total. The van der Waals surface area contributed by atoms with Gasteiger partial charge < -0.3 is 4.74 Å². The van der Waals surface area contributed by atoms with Crippen molar-refractivity contribution < 1.29 is 4.74 Å². The molecule has 0 bridgehead atoms. The van der Waals surface area contributed by atoms with Crippen LogP contribution in [0.25, 0.3) is 0 Å². The Balaban J connectivity index is 2.32. The fourth-order valence-electron chi connectivity index (χ4n) is 3.84. The lowest BCUT2D eigenvalue weighted by Gasteiger charge is -2.50. The van der Waals surface area contributed by atoms with E-state index in [1.807, 2.05) is 0 Å². The number of ether oxygens (including phenoxy) is 1. The summed E-state index contributed by atoms with van der Waals surface area (Å²) in [5.74, 6) is 0. The van der Waals surface area contributed by atoms with E-state index in [9.17, 15) is 0 Å². The average Bonchev–Trinajstić information content (AvgIpc) is 2.52. The van der Waals surface area contributed by atoms with Gasteiger partial charge in [-0.15, -0.1) is 0 Å². The van der Waals surface area contributed by atoms with Crippen LogP contribution in [-0.2, 0) is 4.74 Å². The van der Waals surface area contributed by atoms with Crippen LogP contribution in [-0.4, -0.2) is 43.1 Å². The van der Waals surface area contributed by atoms with Crippen molar-refractivity contribution in [2.24, 2.45) is 0 Å². The van der Waals surface area contributed by atoms with Crippen molar-refractivity contribution in [2.45, 2.75) is 70.0 Å². The summed E-state index contributed by atoms with van der Waals surface area (Å²) in [5, 5.41) is 0. The zero-order chi connectivity index (χ0) is 11.8. The first-order chi connectivity index (χ1) is 7.50. The molecular weight excluding hydrogens is 197 g/mol. The Bertz CT molecular complexity index is 251. The summed E-state index contributed by atoms with van der Waals surface area (Å²) in [6.45, 7) is 9.22. The topological polar surface area (TPSA) is 12.5 Å². The van der Waals surface area contributed by atoms with Crippen LogP contribution in [0, 0.1) is 0 Å². The third kappa shape index (κ3) is 1.93. The van der Waals surface area contributed by atoms with Crippen molar-refractivity contribution in [1.29, 1.82) is 0 Å². The van der Waals surface area contributed by atoms with Gasteiger partial charge in [-0.3, -0.25) is 4.90 Å². The minimum atomic E-state index is 0.270. The first-order valence-electron chi connectivity index (χ1n) is 6.90. The van der Waals surface area contributed by atoms with Crippen LogP contribution in [0.3, 0.4) is 0 Å². The standard InChI is InChI=1S/C13H26BNO/c1-12(2,3)15-8-5-9-16-11-6-4-7-13(11,15)10-14/h11H,4-10,14H2,1-3H3/t11?,13-/m1/s1. The second-order valence-corrected chi connectivity index (χ2v) is 6.38. The second kappa shape index (κ2) is 4.34. The molecule has 3 heteroatoms. The van der Waals surface area contributed by atoms with E-state index < -0.39 is 0 Å². The molecule has 0 N–H and O–H groups in total. The van der Waals surface area contributed by atoms with Crippen LogP contribution in [0.1, 0.15) is 46.5 Å². The van der Waals surface area contributed by atoms with Gasteiger partial charge in [0.25, 0.3) is 0 Å². The maximum Gasteiger partial charge on any atom is 0.103 e. The number of rotatable bonds is 1. The van der Waals surface area contributed by atoms with E-state index in [0.29, 0.717) is 11.6 Å². The van der Waals surface area contributed by atoms with Crippen LogP contribution in [0.15, 0.2) is 0 Å². The molecule has 0 aromatic heterocycles. The lowest BCUT2D eigenvalue weighted by atomic mass is 9.77. The van der Waals surface area contributed by atoms with Gasteiger partial charge in [0.15, 0.2) is 0 Å². The molecule has 2 atom stereocenters. The lowest BCUT2D eigenvalue weighted by Crippen LogP contribution is -2.60. The summed E-state index contributed by atoms with van der Waals surface area (Å²) in [4.78, 5) is 2.74. The summed E-state index contributed by atoms with van der Waals surface area (Å²) in [5.41, 5.74) is 0.598. The molecule has 2 fully saturated rings. The Kier molecular flexibility index (Phi) is 3.38. The van der Waals surface area contributed by atoms with Gasteiger partial charge in [-0.1, -0.05) is 6.32 Å². The summed E-state index contributed by atoms with van der Waals surface area (Å²) >= 11 is 0. The third-order valence-electron chi connectivity index (χ3n) is 4.48. The molecule has 1 saturated carbocycles. The van der Waals surface area contributed by atoms with Gasteiger partial charge in [0.1, 0.15) is 7.85 Å². The SMILES string of the molecule is BC[C@]12CCCC1OCCCN2C(C)(C)C. The summed E-state index contributed by atoms with van der Waals surface area (Å²) in [6.07, 6.45) is 6.83. The smallest absolute Gasteiger partial charge is 0.103 e. The molecular formula is C13H26BNO. The molecule has 92 valence electrons. The molecule has 0 aromatic carbocycles. The quantitative estimate of drug-likeness (QED) is 0.629. The van der Waals surface area contributed by atoms with E-state index in [1.54, 1.807) is 0 Å². The number of hydrogen-bond acceptors (Lipinski definition) is 2. The fraction of sp³-hybridized carbons (Fsp3) is 1.00. The third-order valence-corrected chi connectivity index (χ3v) is 4.48. The predicted molar refractivity (Wildman–Crippen MR) is 70.7 cm³/mol. The summed E-state index contributed by atoms with van der Waals surface area (Å²) in [7, 11) is 2.34. The number of nitrogens with zero attached hydrogens (tertiary/aromatic N) is 1. The van der Waals surface area contributed by atoms with E-state index in [4.69, 9.17) is 4.74 Å². The van der Waals surface area contributed by atoms with Gasteiger partial charge in [0, 0.05) is 24.2 Å². The molecule has 1 aliphatic carbocycles. The largest absolute Gasteiger partial charge is 0.376 e. The predicted octanol–water partition coefficient (Wildman–Crippen LogP) is 1.85. The Hall–Kier alpha value is -0.0151. The maximum atomic E-state index is 6.10. The molecule has 0 spiro atoms. The minimum absolute atomic E-state index is 0.270. The molecule has 2 aliphatic rings. The Morgan fingerprint density at radius 3 is 2.75 bits per heavy atom. The molecule has 16 heavy (non-hydrogen) atoms. The molecule has 0 radical (unpaired) electrons. The van der Waals surface area contributed by atoms with Gasteiger partial charge in [0.2, 0.25) is 0 Å². The fourth-order valence-corrected chi connectivity index (χ4v) is 3.84. The van der Waals surface area contributed by atoms with Crippen molar-refractivity contribution in [3.8, 4) is 0 Å². The second-order valence-electron chi connectivity index (χ2n) is 6.38. The van der Waals surface area contributed by atoms with Crippen molar-refractivity contribution in [1.82, 2.24) is 4.90 Å². The van der Waals surface area contributed by atoms with Crippen LogP contribution < -0.4 is 0 Å². The molecule has 1 saturated heterocycles. The summed E-state index contributed by atoms with van der Waals surface area (Å²) in [6, 6.07) is 0. The highest BCUT2D eigenvalue weighted by Crippen LogP contribution is 2.44. The van der Waals surface area contributed by atoms with Crippen molar-refractivity contribution in [3.63, 3.8) is 0 Å². The van der Waals surface area contributed by atoms with E-state index >= 15 is 0 Å². The molecule has 1 unspecified atom stereocenters. The zero-order valence-electron chi connectivity index (χ0n) is 11.4. The first-order valence-corrected chi connectivity index (χ1v) is 6.90. The van der Waals surface area contributed by atoms with Crippen LogP contribution in [0.5, 0.6) is 0 Å². The molecule has 0 amide bonds. The molecule has 1 heterocycles. The van der Waals surface area contributed by atoms with Crippen molar-refractivity contribution in [3.05, 3.63) is 0 Å². The molecule has 2 rings (SSSR count). The minimum Gasteiger partial charge on any atom is -0.376 e. The Morgan fingerprint density at radius 2 is 2.12 bits per heavy atom. The van der Waals surface area contributed by atoms with Crippen LogP contribution in [0.2, 0.25) is 6.32 Å².